The van der Waals surface area contributed by atoms with E-state index in [0.29, 0.717) is 12.5 Å². The van der Waals surface area contributed by atoms with Gasteiger partial charge < -0.3 is 10.3 Å². The highest BCUT2D eigenvalue weighted by molar-refractivity contribution is 7.99. The fourth-order valence-corrected chi connectivity index (χ4v) is 1.77. The van der Waals surface area contributed by atoms with Crippen LogP contribution in [0.25, 0.3) is 0 Å². The summed E-state index contributed by atoms with van der Waals surface area (Å²) in [5.41, 5.74) is 5.49. The Morgan fingerprint density at radius 1 is 1.46 bits per heavy atom. The molecule has 0 atom stereocenters. The van der Waals surface area contributed by atoms with E-state index in [0.717, 1.165) is 16.7 Å². The maximum atomic E-state index is 5.49. The second-order valence-corrected chi connectivity index (χ2v) is 4.35. The molecule has 0 spiro atoms. The number of aromatic nitrogens is 3. The van der Waals surface area contributed by atoms with Gasteiger partial charge in [0.1, 0.15) is 5.82 Å². The summed E-state index contributed by atoms with van der Waals surface area (Å²) in [6.07, 6.45) is 0. The highest BCUT2D eigenvalue weighted by atomic mass is 32.2. The molecule has 1 aromatic heterocycles. The van der Waals surface area contributed by atoms with Crippen molar-refractivity contribution in [2.75, 3.05) is 5.75 Å². The first-order valence-electron chi connectivity index (χ1n) is 4.36. The van der Waals surface area contributed by atoms with E-state index >= 15 is 0 Å². The molecule has 74 valence electrons. The maximum absolute atomic E-state index is 5.49. The van der Waals surface area contributed by atoms with Crippen molar-refractivity contribution in [3.63, 3.8) is 0 Å². The first-order chi connectivity index (χ1) is 6.15. The van der Waals surface area contributed by atoms with E-state index < -0.39 is 0 Å². The number of thioether (sulfide) groups is 1. The summed E-state index contributed by atoms with van der Waals surface area (Å²) < 4.78 is 1.95. The first-order valence-corrected chi connectivity index (χ1v) is 5.34. The third kappa shape index (κ3) is 2.70. The molecule has 13 heavy (non-hydrogen) atoms. The minimum atomic E-state index is 0.450. The summed E-state index contributed by atoms with van der Waals surface area (Å²) in [5.74, 6) is 2.57. The molecule has 5 heteroatoms. The van der Waals surface area contributed by atoms with Gasteiger partial charge in [-0.2, -0.15) is 0 Å². The predicted octanol–water partition coefficient (Wildman–Crippen LogP) is 1.02. The molecule has 4 nitrogen and oxygen atoms in total. The van der Waals surface area contributed by atoms with Crippen LogP contribution in [0.2, 0.25) is 0 Å². The second kappa shape index (κ2) is 4.62. The first kappa shape index (κ1) is 10.5. The maximum Gasteiger partial charge on any atom is 0.190 e. The van der Waals surface area contributed by atoms with Crippen molar-refractivity contribution in [3.8, 4) is 0 Å². The van der Waals surface area contributed by atoms with Crippen molar-refractivity contribution in [1.29, 1.82) is 0 Å². The van der Waals surface area contributed by atoms with Crippen molar-refractivity contribution in [2.45, 2.75) is 25.5 Å². The van der Waals surface area contributed by atoms with Crippen LogP contribution in [0.5, 0.6) is 0 Å². The van der Waals surface area contributed by atoms with Gasteiger partial charge in [-0.1, -0.05) is 25.6 Å². The molecule has 2 N–H and O–H groups in total. The van der Waals surface area contributed by atoms with Crippen LogP contribution in [0.3, 0.4) is 0 Å². The molecule has 1 aromatic rings. The molecule has 0 aliphatic rings. The Balaban J connectivity index is 2.62. The van der Waals surface area contributed by atoms with E-state index in [1.54, 1.807) is 11.8 Å². The number of rotatable bonds is 4. The average Bonchev–Trinajstić information content (AvgIpc) is 2.43. The SMILES string of the molecule is CC(C)CSc1nnc(CN)n1C. The lowest BCUT2D eigenvalue weighted by atomic mass is 10.3. The Kier molecular flexibility index (Phi) is 3.74. The highest BCUT2D eigenvalue weighted by Crippen LogP contribution is 2.18. The van der Waals surface area contributed by atoms with Gasteiger partial charge in [-0.15, -0.1) is 10.2 Å². The summed E-state index contributed by atoms with van der Waals surface area (Å²) in [6.45, 7) is 4.83. The van der Waals surface area contributed by atoms with Gasteiger partial charge in [-0.25, -0.2) is 0 Å². The van der Waals surface area contributed by atoms with Gasteiger partial charge in [0.25, 0.3) is 0 Å². The molecule has 1 rings (SSSR count). The van der Waals surface area contributed by atoms with Crippen LogP contribution in [0, 0.1) is 5.92 Å². The van der Waals surface area contributed by atoms with E-state index in [-0.39, 0.29) is 0 Å². The fourth-order valence-electron chi connectivity index (χ4n) is 0.890. The summed E-state index contributed by atoms with van der Waals surface area (Å²) in [6, 6.07) is 0. The van der Waals surface area contributed by atoms with Gasteiger partial charge in [0, 0.05) is 12.8 Å². The average molecular weight is 200 g/mol. The molecular formula is C8H16N4S. The summed E-state index contributed by atoms with van der Waals surface area (Å²) in [7, 11) is 1.95. The molecule has 0 radical (unpaired) electrons. The number of nitrogens with two attached hydrogens (primary N) is 1. The zero-order valence-electron chi connectivity index (χ0n) is 8.32. The van der Waals surface area contributed by atoms with Crippen LogP contribution < -0.4 is 5.73 Å². The molecule has 0 aliphatic heterocycles. The quantitative estimate of drug-likeness (QED) is 0.737. The van der Waals surface area contributed by atoms with E-state index in [9.17, 15) is 0 Å². The molecule has 0 saturated carbocycles. The standard InChI is InChI=1S/C8H16N4S/c1-6(2)5-13-8-11-10-7(4-9)12(8)3/h6H,4-5,9H2,1-3H3. The fraction of sp³-hybridized carbons (Fsp3) is 0.750. The molecule has 0 saturated heterocycles. The van der Waals surface area contributed by atoms with E-state index in [2.05, 4.69) is 24.0 Å². The van der Waals surface area contributed by atoms with Gasteiger partial charge in [-0.05, 0) is 5.92 Å². The summed E-state index contributed by atoms with van der Waals surface area (Å²) >= 11 is 1.73. The Hall–Kier alpha value is -0.550. The second-order valence-electron chi connectivity index (χ2n) is 3.37. The van der Waals surface area contributed by atoms with Crippen LogP contribution in [0.1, 0.15) is 19.7 Å². The molecule has 0 bridgehead atoms. The minimum absolute atomic E-state index is 0.450. The third-order valence-corrected chi connectivity index (χ3v) is 3.10. The number of hydrogen-bond donors (Lipinski definition) is 1. The summed E-state index contributed by atoms with van der Waals surface area (Å²) in [5, 5.41) is 8.99. The van der Waals surface area contributed by atoms with Crippen LogP contribution in [0.4, 0.5) is 0 Å². The highest BCUT2D eigenvalue weighted by Gasteiger charge is 2.07. The third-order valence-electron chi connectivity index (χ3n) is 1.65. The normalized spacial score (nSPS) is 11.2. The lowest BCUT2D eigenvalue weighted by Crippen LogP contribution is -2.05. The van der Waals surface area contributed by atoms with Crippen molar-refractivity contribution < 1.29 is 0 Å². The van der Waals surface area contributed by atoms with Gasteiger partial charge in [0.2, 0.25) is 0 Å². The Labute approximate surface area is 82.9 Å². The van der Waals surface area contributed by atoms with Crippen LogP contribution in [-0.4, -0.2) is 20.5 Å². The van der Waals surface area contributed by atoms with Crippen molar-refractivity contribution in [3.05, 3.63) is 5.82 Å². The Bertz CT molecular complexity index is 269. The Morgan fingerprint density at radius 2 is 2.15 bits per heavy atom. The zero-order chi connectivity index (χ0) is 9.84. The predicted molar refractivity (Wildman–Crippen MR) is 54.5 cm³/mol. The van der Waals surface area contributed by atoms with Crippen molar-refractivity contribution >= 4 is 11.8 Å². The summed E-state index contributed by atoms with van der Waals surface area (Å²) in [4.78, 5) is 0. The largest absolute Gasteiger partial charge is 0.324 e. The van der Waals surface area contributed by atoms with Gasteiger partial charge in [-0.3, -0.25) is 0 Å². The van der Waals surface area contributed by atoms with E-state index in [1.807, 2.05) is 11.6 Å². The zero-order valence-corrected chi connectivity index (χ0v) is 9.14. The molecule has 0 aromatic carbocycles. The Morgan fingerprint density at radius 3 is 2.62 bits per heavy atom. The lowest BCUT2D eigenvalue weighted by molar-refractivity contribution is 0.721. The molecular weight excluding hydrogens is 184 g/mol. The van der Waals surface area contributed by atoms with Crippen LogP contribution in [-0.2, 0) is 13.6 Å². The van der Waals surface area contributed by atoms with Crippen molar-refractivity contribution in [2.24, 2.45) is 18.7 Å². The molecule has 0 amide bonds. The van der Waals surface area contributed by atoms with E-state index in [1.165, 1.54) is 0 Å². The van der Waals surface area contributed by atoms with E-state index in [4.69, 9.17) is 5.73 Å². The number of nitrogens with zero attached hydrogens (tertiary/aromatic N) is 3. The molecule has 0 aliphatic carbocycles. The van der Waals surface area contributed by atoms with Crippen LogP contribution >= 0.6 is 11.8 Å². The monoisotopic (exact) mass is 200 g/mol. The molecule has 0 fully saturated rings. The van der Waals surface area contributed by atoms with Gasteiger partial charge in [0.15, 0.2) is 5.16 Å². The van der Waals surface area contributed by atoms with Crippen molar-refractivity contribution in [1.82, 2.24) is 14.8 Å². The van der Waals surface area contributed by atoms with Crippen LogP contribution in [0.15, 0.2) is 5.16 Å². The molecule has 1 heterocycles. The smallest absolute Gasteiger partial charge is 0.190 e. The minimum Gasteiger partial charge on any atom is -0.324 e. The van der Waals surface area contributed by atoms with Gasteiger partial charge in [0.05, 0.1) is 6.54 Å². The topological polar surface area (TPSA) is 56.7 Å². The number of hydrogen-bond acceptors (Lipinski definition) is 4. The molecule has 0 unspecified atom stereocenters. The lowest BCUT2D eigenvalue weighted by Gasteiger charge is -2.03. The van der Waals surface area contributed by atoms with Gasteiger partial charge >= 0.3 is 0 Å².